The second kappa shape index (κ2) is 38.6. The Bertz CT molecular complexity index is 3630. The molecule has 0 aliphatic carbocycles. The van der Waals surface area contributed by atoms with Crippen LogP contribution in [0.25, 0.3) is 86.7 Å². The van der Waals surface area contributed by atoms with E-state index in [0.717, 1.165) is 169 Å². The minimum Gasteiger partial charge on any atom is -0.492 e. The van der Waals surface area contributed by atoms with E-state index in [0.29, 0.717) is 61.9 Å². The molecule has 0 saturated carbocycles. The second-order valence-electron chi connectivity index (χ2n) is 28.6. The molecule has 0 amide bonds. The van der Waals surface area contributed by atoms with E-state index in [2.05, 4.69) is 238 Å². The zero-order valence-electron chi connectivity index (χ0n) is 62.4. The van der Waals surface area contributed by atoms with Crippen LogP contribution in [-0.2, 0) is 13.1 Å². The molecule has 0 spiro atoms. The topological polar surface area (TPSA) is 46.8 Å². The number of unbranched alkanes of at least 4 members (excludes halogenated alkanes) is 6. The maximum atomic E-state index is 7.00. The van der Waals surface area contributed by atoms with Crippen molar-refractivity contribution in [1.29, 1.82) is 0 Å². The molecule has 98 heavy (non-hydrogen) atoms. The molecule has 9 aromatic rings. The highest BCUT2D eigenvalue weighted by atomic mass is 16.5. The average Bonchev–Trinajstić information content (AvgIpc) is 1.61. The van der Waals surface area contributed by atoms with Gasteiger partial charge >= 0.3 is 0 Å². The number of hydrogen-bond donors (Lipinski definition) is 0. The van der Waals surface area contributed by atoms with Crippen LogP contribution in [0.2, 0.25) is 0 Å². The Morgan fingerprint density at radius 2 is 0.490 bits per heavy atom. The smallest absolute Gasteiger partial charge is 0.138 e. The van der Waals surface area contributed by atoms with E-state index < -0.39 is 0 Å². The SMILES string of the molecule is CCCCC(CC)COc1cc(OCC(CC)CCCC)c2c#cc3ccc4c(c3)c3cc(c#cc5cc(c#cc6ccc7c(c6)c6cc(c#cc1c2)ccc6n7CC(CC)CCCC)c(OCC(CC)CCCC)cc5OCC(CC)CCCC)ccc3n4CC(CC)CCCC. The van der Waals surface area contributed by atoms with Crippen molar-refractivity contribution in [3.63, 3.8) is 0 Å². The van der Waals surface area contributed by atoms with Crippen LogP contribution in [0.1, 0.15) is 237 Å². The van der Waals surface area contributed by atoms with Crippen LogP contribution < -0.4 is 18.9 Å². The summed E-state index contributed by atoms with van der Waals surface area (Å²) in [5, 5.41) is 11.7. The largest absolute Gasteiger partial charge is 0.492 e. The fraction of sp³-hybridized carbons (Fsp3) is 0.522. The summed E-state index contributed by atoms with van der Waals surface area (Å²) in [5.41, 5.74) is 4.85. The van der Waals surface area contributed by atoms with Gasteiger partial charge in [-0.25, -0.2) is 0 Å². The Kier molecular flexibility index (Phi) is 29.4. The number of benzene rings is 6. The van der Waals surface area contributed by atoms with E-state index in [1.54, 1.807) is 0 Å². The van der Waals surface area contributed by atoms with Crippen LogP contribution in [0.3, 0.4) is 0 Å². The highest BCUT2D eigenvalue weighted by Gasteiger charge is 2.20. The molecule has 0 aliphatic heterocycles. The van der Waals surface area contributed by atoms with Gasteiger partial charge in [-0.15, -0.1) is 0 Å². The Hall–Kier alpha value is -7.64. The molecule has 6 nitrogen and oxygen atoms in total. The van der Waals surface area contributed by atoms with E-state index in [1.807, 2.05) is 0 Å². The molecule has 7 aromatic carbocycles. The maximum absolute atomic E-state index is 7.00. The molecule has 0 N–H and O–H groups in total. The molecule has 0 aliphatic rings. The third-order valence-corrected chi connectivity index (χ3v) is 21.3. The number of fused-ring (bicyclic) bond motifs is 8. The molecule has 0 saturated heterocycles. The summed E-state index contributed by atoms with van der Waals surface area (Å²) in [6.07, 6.45) is 27.5. The summed E-state index contributed by atoms with van der Waals surface area (Å²) in [7, 11) is 0. The zero-order valence-corrected chi connectivity index (χ0v) is 62.4. The lowest BCUT2D eigenvalue weighted by molar-refractivity contribution is 0.225. The third-order valence-electron chi connectivity index (χ3n) is 21.3. The molecule has 0 radical (unpaired) electrons. The van der Waals surface area contributed by atoms with Gasteiger partial charge in [0, 0.05) is 90.4 Å². The fourth-order valence-corrected chi connectivity index (χ4v) is 14.2. The monoisotopic (exact) mass is 1310 g/mol. The van der Waals surface area contributed by atoms with Crippen molar-refractivity contribution in [3.8, 4) is 23.0 Å². The number of aromatic nitrogens is 2. The predicted molar refractivity (Wildman–Crippen MR) is 419 cm³/mol. The van der Waals surface area contributed by atoms with Gasteiger partial charge in [0.1, 0.15) is 23.0 Å². The van der Waals surface area contributed by atoms with Gasteiger partial charge in [-0.05, 0) is 159 Å². The first-order chi connectivity index (χ1) is 48.0. The highest BCUT2D eigenvalue weighted by Crippen LogP contribution is 2.38. The van der Waals surface area contributed by atoms with Crippen LogP contribution in [0.4, 0.5) is 0 Å². The Balaban J connectivity index is 1.37. The van der Waals surface area contributed by atoms with E-state index >= 15 is 0 Å². The Morgan fingerprint density at radius 3 is 0.704 bits per heavy atom. The van der Waals surface area contributed by atoms with Gasteiger partial charge in [0.2, 0.25) is 0 Å². The molecular formula is C92H118N2O4. The Labute approximate surface area is 592 Å². The summed E-state index contributed by atoms with van der Waals surface area (Å²) in [5.74, 6) is 5.81. The normalized spacial score (nSPS) is 13.3. The minimum absolute atomic E-state index is 0.429. The van der Waals surface area contributed by atoms with Gasteiger partial charge in [0.15, 0.2) is 0 Å². The number of nitrogens with zero attached hydrogens (tertiary/aromatic N) is 2. The van der Waals surface area contributed by atoms with Gasteiger partial charge in [-0.1, -0.05) is 247 Å². The van der Waals surface area contributed by atoms with Crippen molar-refractivity contribution in [2.24, 2.45) is 35.5 Å². The standard InChI is InChI=1S/C92H118N2O4/c1-13-25-31-67(19-7)61-93-85-49-41-73-37-45-77-57-79(91(97-65-71(23-11)35-29-17-5)59-89(77)95-63-69(21-9)33-27-15-3)47-39-75-43-51-87-83(55-75)84-56-76(44-52-88(84)94(87)62-68(20-8)32-26-14-2)40-48-80-58-78(46-38-74-42-50-86(93)82(54-74)81(85)53-73)90(96-64-70(22-10)34-28-16-4)60-92(80)98-66-72(24-12)36-30-18-6/h41-44,49-60,67-72H,13-36,61-66H2,1-12H3. The summed E-state index contributed by atoms with van der Waals surface area (Å²) in [4.78, 5) is 0. The van der Waals surface area contributed by atoms with Crippen LogP contribution in [0.15, 0.2) is 97.1 Å². The summed E-state index contributed by atoms with van der Waals surface area (Å²) >= 11 is 0. The summed E-state index contributed by atoms with van der Waals surface area (Å²) in [6, 6.07) is 65.5. The van der Waals surface area contributed by atoms with Crippen LogP contribution in [-0.4, -0.2) is 35.6 Å². The molecule has 9 rings (SSSR count). The number of hydrogen-bond acceptors (Lipinski definition) is 4. The first-order valence-electron chi connectivity index (χ1n) is 39.1. The van der Waals surface area contributed by atoms with E-state index in [1.165, 1.54) is 108 Å². The van der Waals surface area contributed by atoms with Gasteiger partial charge in [-0.3, -0.25) is 0 Å². The van der Waals surface area contributed by atoms with Crippen molar-refractivity contribution in [1.82, 2.24) is 9.13 Å². The van der Waals surface area contributed by atoms with E-state index in [-0.39, 0.29) is 0 Å². The van der Waals surface area contributed by atoms with Gasteiger partial charge in [0.05, 0.1) is 48.0 Å². The highest BCUT2D eigenvalue weighted by molar-refractivity contribution is 6.12. The molecule has 520 valence electrons. The van der Waals surface area contributed by atoms with Crippen LogP contribution in [0, 0.1) is 84.0 Å². The quantitative estimate of drug-likeness (QED) is 0.0384. The molecule has 6 heteroatoms. The van der Waals surface area contributed by atoms with E-state index in [4.69, 9.17) is 18.9 Å². The molecule has 12 bridgehead atoms. The van der Waals surface area contributed by atoms with Crippen molar-refractivity contribution in [2.75, 3.05) is 26.4 Å². The lowest BCUT2D eigenvalue weighted by Crippen LogP contribution is -2.13. The number of rotatable bonds is 40. The summed E-state index contributed by atoms with van der Waals surface area (Å²) in [6.45, 7) is 31.9. The lowest BCUT2D eigenvalue weighted by atomic mass is 9.99. The van der Waals surface area contributed by atoms with E-state index in [9.17, 15) is 0 Å². The first kappa shape index (κ1) is 74.6. The molecule has 6 atom stereocenters. The van der Waals surface area contributed by atoms with Gasteiger partial charge in [-0.2, -0.15) is 0 Å². The minimum atomic E-state index is 0.429. The zero-order chi connectivity index (χ0) is 69.2. The second-order valence-corrected chi connectivity index (χ2v) is 28.6. The predicted octanol–water partition coefficient (Wildman–Crippen LogP) is 26.5. The maximum Gasteiger partial charge on any atom is 0.138 e. The Morgan fingerprint density at radius 1 is 0.265 bits per heavy atom. The van der Waals surface area contributed by atoms with Gasteiger partial charge < -0.3 is 28.1 Å². The average molecular weight is 1320 g/mol. The van der Waals surface area contributed by atoms with Crippen molar-refractivity contribution in [3.05, 3.63) is 146 Å². The lowest BCUT2D eigenvalue weighted by Gasteiger charge is -2.18. The third kappa shape index (κ3) is 19.8. The molecule has 0 fully saturated rings. The van der Waals surface area contributed by atoms with Gasteiger partial charge in [0.25, 0.3) is 0 Å². The molecule has 2 aromatic heterocycles. The van der Waals surface area contributed by atoms with Crippen LogP contribution in [0.5, 0.6) is 23.0 Å². The molecule has 6 unspecified atom stereocenters. The molecule has 2 heterocycles. The fourth-order valence-electron chi connectivity index (χ4n) is 14.2. The first-order valence-corrected chi connectivity index (χ1v) is 39.1. The van der Waals surface area contributed by atoms with Crippen molar-refractivity contribution >= 4 is 86.7 Å². The molecular weight excluding hydrogens is 1200 g/mol. The summed E-state index contributed by atoms with van der Waals surface area (Å²) < 4.78 is 33.1. The number of ether oxygens (including phenoxy) is 4. The van der Waals surface area contributed by atoms with Crippen molar-refractivity contribution in [2.45, 2.75) is 250 Å². The van der Waals surface area contributed by atoms with Crippen molar-refractivity contribution < 1.29 is 18.9 Å². The van der Waals surface area contributed by atoms with Crippen LogP contribution >= 0.6 is 0 Å².